The molecule has 1 heterocycles. The second-order valence-corrected chi connectivity index (χ2v) is 5.56. The van der Waals surface area contributed by atoms with Crippen molar-refractivity contribution in [3.05, 3.63) is 24.3 Å². The van der Waals surface area contributed by atoms with Crippen molar-refractivity contribution in [2.24, 2.45) is 0 Å². The van der Waals surface area contributed by atoms with Gasteiger partial charge in [0.05, 0.1) is 0 Å². The van der Waals surface area contributed by atoms with Crippen LogP contribution < -0.4 is 4.90 Å². The highest BCUT2D eigenvalue weighted by atomic mass is 32.2. The first-order valence-corrected chi connectivity index (χ1v) is 7.36. The van der Waals surface area contributed by atoms with Gasteiger partial charge in [0, 0.05) is 23.7 Å². The SMILES string of the molecule is CCCCSc1ccc(N2CCCC2)cc1. The number of benzene rings is 1. The van der Waals surface area contributed by atoms with Crippen LogP contribution in [-0.4, -0.2) is 18.8 Å². The lowest BCUT2D eigenvalue weighted by molar-refractivity contribution is 0.896. The maximum absolute atomic E-state index is 2.49. The van der Waals surface area contributed by atoms with Crippen molar-refractivity contribution in [3.63, 3.8) is 0 Å². The molecule has 1 aliphatic heterocycles. The second kappa shape index (κ2) is 6.19. The zero-order chi connectivity index (χ0) is 11.2. The fraction of sp³-hybridized carbons (Fsp3) is 0.571. The normalized spacial score (nSPS) is 15.7. The van der Waals surface area contributed by atoms with Crippen molar-refractivity contribution in [2.45, 2.75) is 37.5 Å². The van der Waals surface area contributed by atoms with E-state index in [2.05, 4.69) is 36.1 Å². The lowest BCUT2D eigenvalue weighted by Crippen LogP contribution is -2.17. The van der Waals surface area contributed by atoms with E-state index in [0.717, 1.165) is 0 Å². The van der Waals surface area contributed by atoms with Crippen LogP contribution in [-0.2, 0) is 0 Å². The second-order valence-electron chi connectivity index (χ2n) is 4.39. The van der Waals surface area contributed by atoms with Gasteiger partial charge < -0.3 is 4.90 Å². The van der Waals surface area contributed by atoms with Gasteiger partial charge in [-0.1, -0.05) is 13.3 Å². The molecule has 0 atom stereocenters. The monoisotopic (exact) mass is 235 g/mol. The van der Waals surface area contributed by atoms with Crippen molar-refractivity contribution in [2.75, 3.05) is 23.7 Å². The third kappa shape index (κ3) is 3.18. The Labute approximate surface area is 103 Å². The van der Waals surface area contributed by atoms with E-state index in [1.807, 2.05) is 11.8 Å². The molecule has 0 aromatic heterocycles. The summed E-state index contributed by atoms with van der Waals surface area (Å²) in [7, 11) is 0. The molecule has 2 rings (SSSR count). The maximum atomic E-state index is 2.49. The third-order valence-corrected chi connectivity index (χ3v) is 4.17. The lowest BCUT2D eigenvalue weighted by atomic mass is 10.3. The van der Waals surface area contributed by atoms with Gasteiger partial charge in [-0.05, 0) is 49.3 Å². The van der Waals surface area contributed by atoms with Crippen LogP contribution in [0.3, 0.4) is 0 Å². The molecule has 2 heteroatoms. The number of unbranched alkanes of at least 4 members (excludes halogenated alkanes) is 1. The molecule has 1 saturated heterocycles. The Morgan fingerprint density at radius 2 is 1.81 bits per heavy atom. The Kier molecular flexibility index (Phi) is 4.58. The summed E-state index contributed by atoms with van der Waals surface area (Å²) in [5.41, 5.74) is 1.40. The largest absolute Gasteiger partial charge is 0.372 e. The molecular weight excluding hydrogens is 214 g/mol. The Bertz CT molecular complexity index is 301. The van der Waals surface area contributed by atoms with Crippen molar-refractivity contribution in [1.82, 2.24) is 0 Å². The molecule has 0 saturated carbocycles. The van der Waals surface area contributed by atoms with Gasteiger partial charge >= 0.3 is 0 Å². The molecule has 1 nitrogen and oxygen atoms in total. The molecular formula is C14H21NS. The molecule has 0 amide bonds. The molecule has 0 spiro atoms. The van der Waals surface area contributed by atoms with Crippen molar-refractivity contribution in [1.29, 1.82) is 0 Å². The van der Waals surface area contributed by atoms with Gasteiger partial charge in [0.2, 0.25) is 0 Å². The first-order chi connectivity index (χ1) is 7.90. The molecule has 1 fully saturated rings. The topological polar surface area (TPSA) is 3.24 Å². The van der Waals surface area contributed by atoms with E-state index in [-0.39, 0.29) is 0 Å². The predicted molar refractivity (Wildman–Crippen MR) is 73.5 cm³/mol. The summed E-state index contributed by atoms with van der Waals surface area (Å²) in [4.78, 5) is 3.90. The van der Waals surface area contributed by atoms with Crippen LogP contribution in [0.15, 0.2) is 29.2 Å². The summed E-state index contributed by atoms with van der Waals surface area (Å²) in [5.74, 6) is 1.25. The standard InChI is InChI=1S/C14H21NS/c1-2-3-12-16-14-8-6-13(7-9-14)15-10-4-5-11-15/h6-9H,2-5,10-12H2,1H3. The fourth-order valence-electron chi connectivity index (χ4n) is 2.06. The number of nitrogens with zero attached hydrogens (tertiary/aromatic N) is 1. The van der Waals surface area contributed by atoms with Crippen LogP contribution in [0.2, 0.25) is 0 Å². The molecule has 0 aliphatic carbocycles. The lowest BCUT2D eigenvalue weighted by Gasteiger charge is -2.17. The zero-order valence-electron chi connectivity index (χ0n) is 10.1. The Morgan fingerprint density at radius 1 is 1.12 bits per heavy atom. The molecule has 1 aromatic carbocycles. The minimum atomic E-state index is 1.24. The zero-order valence-corrected chi connectivity index (χ0v) is 10.9. The summed E-state index contributed by atoms with van der Waals surface area (Å²) in [6.07, 6.45) is 5.32. The number of hydrogen-bond donors (Lipinski definition) is 0. The van der Waals surface area contributed by atoms with Gasteiger partial charge in [0.1, 0.15) is 0 Å². The number of hydrogen-bond acceptors (Lipinski definition) is 2. The van der Waals surface area contributed by atoms with E-state index >= 15 is 0 Å². The Morgan fingerprint density at radius 3 is 2.44 bits per heavy atom. The van der Waals surface area contributed by atoms with E-state index in [9.17, 15) is 0 Å². The number of thioether (sulfide) groups is 1. The van der Waals surface area contributed by atoms with E-state index in [1.165, 1.54) is 55.1 Å². The molecule has 1 aliphatic rings. The first-order valence-electron chi connectivity index (χ1n) is 6.38. The molecule has 0 unspecified atom stereocenters. The van der Waals surface area contributed by atoms with Gasteiger partial charge in [-0.2, -0.15) is 0 Å². The average molecular weight is 235 g/mol. The molecule has 88 valence electrons. The minimum absolute atomic E-state index is 1.24. The van der Waals surface area contributed by atoms with E-state index in [1.54, 1.807) is 0 Å². The smallest absolute Gasteiger partial charge is 0.0366 e. The summed E-state index contributed by atoms with van der Waals surface area (Å²) in [6, 6.07) is 9.10. The van der Waals surface area contributed by atoms with E-state index in [0.29, 0.717) is 0 Å². The molecule has 1 aromatic rings. The quantitative estimate of drug-likeness (QED) is 0.556. The van der Waals surface area contributed by atoms with Crippen molar-refractivity contribution in [3.8, 4) is 0 Å². The van der Waals surface area contributed by atoms with Gasteiger partial charge in [0.15, 0.2) is 0 Å². The van der Waals surface area contributed by atoms with Gasteiger partial charge in [0.25, 0.3) is 0 Å². The first kappa shape index (κ1) is 11.8. The molecule has 0 radical (unpaired) electrons. The van der Waals surface area contributed by atoms with Crippen LogP contribution in [0, 0.1) is 0 Å². The number of rotatable bonds is 5. The van der Waals surface area contributed by atoms with Crippen LogP contribution in [0.1, 0.15) is 32.6 Å². The van der Waals surface area contributed by atoms with E-state index in [4.69, 9.17) is 0 Å². The van der Waals surface area contributed by atoms with Crippen molar-refractivity contribution < 1.29 is 0 Å². The fourth-order valence-corrected chi connectivity index (χ4v) is 3.06. The van der Waals surface area contributed by atoms with Crippen LogP contribution in [0.5, 0.6) is 0 Å². The maximum Gasteiger partial charge on any atom is 0.0366 e. The number of anilines is 1. The third-order valence-electron chi connectivity index (χ3n) is 3.07. The average Bonchev–Trinajstić information content (AvgIpc) is 2.84. The molecule has 0 bridgehead atoms. The molecule has 0 N–H and O–H groups in total. The van der Waals surface area contributed by atoms with Crippen LogP contribution in [0.4, 0.5) is 5.69 Å². The highest BCUT2D eigenvalue weighted by Gasteiger charge is 2.11. The summed E-state index contributed by atoms with van der Waals surface area (Å²) < 4.78 is 0. The Hall–Kier alpha value is -0.630. The summed E-state index contributed by atoms with van der Waals surface area (Å²) in [5, 5.41) is 0. The summed E-state index contributed by atoms with van der Waals surface area (Å²) in [6.45, 7) is 4.72. The highest BCUT2D eigenvalue weighted by Crippen LogP contribution is 2.25. The van der Waals surface area contributed by atoms with Crippen LogP contribution in [0.25, 0.3) is 0 Å². The van der Waals surface area contributed by atoms with Gasteiger partial charge in [-0.25, -0.2) is 0 Å². The predicted octanol–water partition coefficient (Wildman–Crippen LogP) is 4.18. The Balaban J connectivity index is 1.88. The summed E-state index contributed by atoms with van der Waals surface area (Å²) >= 11 is 1.98. The molecule has 16 heavy (non-hydrogen) atoms. The highest BCUT2D eigenvalue weighted by molar-refractivity contribution is 7.99. The van der Waals surface area contributed by atoms with E-state index < -0.39 is 0 Å². The van der Waals surface area contributed by atoms with Gasteiger partial charge in [-0.3, -0.25) is 0 Å². The van der Waals surface area contributed by atoms with Crippen LogP contribution >= 0.6 is 11.8 Å². The van der Waals surface area contributed by atoms with Crippen molar-refractivity contribution >= 4 is 17.4 Å². The van der Waals surface area contributed by atoms with Gasteiger partial charge in [-0.15, -0.1) is 11.8 Å². The minimum Gasteiger partial charge on any atom is -0.372 e.